The fraction of sp³-hybridized carbons (Fsp3) is 0.353. The quantitative estimate of drug-likeness (QED) is 0.718. The number of benzene rings is 1. The van der Waals surface area contributed by atoms with Crippen molar-refractivity contribution < 1.29 is 0 Å². The number of rotatable bonds is 2. The van der Waals surface area contributed by atoms with Crippen LogP contribution in [0.1, 0.15) is 19.8 Å². The molecule has 0 unspecified atom stereocenters. The van der Waals surface area contributed by atoms with Crippen LogP contribution in [0.25, 0.3) is 21.5 Å². The van der Waals surface area contributed by atoms with Crippen LogP contribution in [0.4, 0.5) is 5.82 Å². The van der Waals surface area contributed by atoms with E-state index in [0.29, 0.717) is 0 Å². The van der Waals surface area contributed by atoms with Gasteiger partial charge in [0.25, 0.3) is 0 Å². The van der Waals surface area contributed by atoms with Crippen LogP contribution in [0.5, 0.6) is 0 Å². The van der Waals surface area contributed by atoms with Gasteiger partial charge in [0, 0.05) is 18.7 Å². The third kappa shape index (κ3) is 2.35. The Labute approximate surface area is 134 Å². The lowest BCUT2D eigenvalue weighted by molar-refractivity contribution is 0.445. The van der Waals surface area contributed by atoms with Crippen LogP contribution in [-0.2, 0) is 0 Å². The molecule has 0 radical (unpaired) electrons. The van der Waals surface area contributed by atoms with Gasteiger partial charge in [-0.1, -0.05) is 37.3 Å². The molecular weight excluding hydrogens is 292 g/mol. The van der Waals surface area contributed by atoms with Crippen LogP contribution >= 0.6 is 11.5 Å². The first-order valence-corrected chi connectivity index (χ1v) is 8.51. The standard InChI is InChI=1S/C17H18N4S/c1-12-6-5-9-21(10-12)17-16-15(18-11-19-17)14(20-22-16)13-7-3-2-4-8-13/h2-4,7-8,11-12H,5-6,9-10H2,1H3/t12-/m0/s1. The second kappa shape index (κ2) is 5.65. The summed E-state index contributed by atoms with van der Waals surface area (Å²) >= 11 is 1.51. The second-order valence-electron chi connectivity index (χ2n) is 5.97. The monoisotopic (exact) mass is 310 g/mol. The molecule has 4 nitrogen and oxygen atoms in total. The first-order chi connectivity index (χ1) is 10.8. The van der Waals surface area contributed by atoms with E-state index in [2.05, 4.69) is 38.3 Å². The van der Waals surface area contributed by atoms with Gasteiger partial charge in [0.05, 0.1) is 0 Å². The van der Waals surface area contributed by atoms with Crippen LogP contribution in [0.3, 0.4) is 0 Å². The molecule has 0 bridgehead atoms. The highest BCUT2D eigenvalue weighted by molar-refractivity contribution is 7.14. The number of hydrogen-bond acceptors (Lipinski definition) is 5. The molecule has 1 saturated heterocycles. The van der Waals surface area contributed by atoms with Gasteiger partial charge in [0.15, 0.2) is 5.82 Å². The Kier molecular flexibility index (Phi) is 3.50. The number of nitrogens with zero attached hydrogens (tertiary/aromatic N) is 4. The van der Waals surface area contributed by atoms with Crippen LogP contribution in [0.15, 0.2) is 36.7 Å². The molecule has 0 amide bonds. The van der Waals surface area contributed by atoms with Gasteiger partial charge in [-0.25, -0.2) is 9.97 Å². The molecule has 1 fully saturated rings. The van der Waals surface area contributed by atoms with E-state index >= 15 is 0 Å². The van der Waals surface area contributed by atoms with Crippen LogP contribution in [-0.4, -0.2) is 27.4 Å². The summed E-state index contributed by atoms with van der Waals surface area (Å²) in [7, 11) is 0. The minimum atomic E-state index is 0.722. The molecular formula is C17H18N4S. The summed E-state index contributed by atoms with van der Waals surface area (Å²) in [6.07, 6.45) is 4.22. The Bertz CT molecular complexity index is 784. The number of hydrogen-bond donors (Lipinski definition) is 0. The predicted octanol–water partition coefficient (Wildman–Crippen LogP) is 3.99. The number of piperidine rings is 1. The SMILES string of the molecule is C[C@H]1CCCN(c2ncnc3c(-c4ccccc4)nsc23)C1. The molecule has 1 atom stereocenters. The van der Waals surface area contributed by atoms with Gasteiger partial charge in [-0.2, -0.15) is 4.37 Å². The van der Waals surface area contributed by atoms with Crippen molar-refractivity contribution in [2.75, 3.05) is 18.0 Å². The largest absolute Gasteiger partial charge is 0.355 e. The Morgan fingerprint density at radius 2 is 2.05 bits per heavy atom. The van der Waals surface area contributed by atoms with Crippen molar-refractivity contribution in [3.8, 4) is 11.3 Å². The van der Waals surface area contributed by atoms with Crippen molar-refractivity contribution in [2.24, 2.45) is 5.92 Å². The molecule has 0 spiro atoms. The van der Waals surface area contributed by atoms with Gasteiger partial charge in [-0.05, 0) is 30.3 Å². The second-order valence-corrected chi connectivity index (χ2v) is 6.74. The topological polar surface area (TPSA) is 41.9 Å². The Morgan fingerprint density at radius 1 is 1.18 bits per heavy atom. The summed E-state index contributed by atoms with van der Waals surface area (Å²) in [6, 6.07) is 10.3. The summed E-state index contributed by atoms with van der Waals surface area (Å²) in [5, 5.41) is 0. The lowest BCUT2D eigenvalue weighted by Gasteiger charge is -2.31. The molecule has 5 heteroatoms. The normalized spacial score (nSPS) is 18.8. The highest BCUT2D eigenvalue weighted by Crippen LogP contribution is 2.35. The zero-order valence-corrected chi connectivity index (χ0v) is 13.4. The van der Waals surface area contributed by atoms with Crippen molar-refractivity contribution in [2.45, 2.75) is 19.8 Å². The smallest absolute Gasteiger partial charge is 0.151 e. The molecule has 4 rings (SSSR count). The van der Waals surface area contributed by atoms with E-state index in [-0.39, 0.29) is 0 Å². The fourth-order valence-corrected chi connectivity index (χ4v) is 4.02. The van der Waals surface area contributed by atoms with Crippen LogP contribution in [0.2, 0.25) is 0 Å². The first kappa shape index (κ1) is 13.6. The highest BCUT2D eigenvalue weighted by atomic mass is 32.1. The van der Waals surface area contributed by atoms with Crippen LogP contribution < -0.4 is 4.90 Å². The summed E-state index contributed by atoms with van der Waals surface area (Å²) in [4.78, 5) is 11.5. The van der Waals surface area contributed by atoms with Gasteiger partial charge in [-0.15, -0.1) is 0 Å². The molecule has 1 aliphatic rings. The van der Waals surface area contributed by atoms with E-state index in [1.807, 2.05) is 18.2 Å². The molecule has 3 aromatic rings. The molecule has 0 N–H and O–H groups in total. The highest BCUT2D eigenvalue weighted by Gasteiger charge is 2.22. The average Bonchev–Trinajstić information content (AvgIpc) is 2.99. The predicted molar refractivity (Wildman–Crippen MR) is 91.3 cm³/mol. The van der Waals surface area contributed by atoms with Crippen molar-refractivity contribution in [1.29, 1.82) is 0 Å². The number of fused-ring (bicyclic) bond motifs is 1. The molecule has 2 aromatic heterocycles. The minimum Gasteiger partial charge on any atom is -0.355 e. The molecule has 3 heterocycles. The maximum absolute atomic E-state index is 4.65. The van der Waals surface area contributed by atoms with E-state index in [9.17, 15) is 0 Å². The molecule has 0 saturated carbocycles. The number of aromatic nitrogens is 3. The van der Waals surface area contributed by atoms with E-state index in [4.69, 9.17) is 0 Å². The van der Waals surface area contributed by atoms with Crippen molar-refractivity contribution in [3.63, 3.8) is 0 Å². The van der Waals surface area contributed by atoms with Gasteiger partial charge < -0.3 is 4.90 Å². The van der Waals surface area contributed by atoms with Crippen molar-refractivity contribution in [3.05, 3.63) is 36.7 Å². The fourth-order valence-electron chi connectivity index (χ4n) is 3.14. The Morgan fingerprint density at radius 3 is 2.86 bits per heavy atom. The van der Waals surface area contributed by atoms with Gasteiger partial charge in [0.1, 0.15) is 22.2 Å². The Hall–Kier alpha value is -2.01. The zero-order chi connectivity index (χ0) is 14.9. The van der Waals surface area contributed by atoms with E-state index in [1.165, 1.54) is 24.4 Å². The molecule has 112 valence electrons. The van der Waals surface area contributed by atoms with E-state index < -0.39 is 0 Å². The third-order valence-electron chi connectivity index (χ3n) is 4.24. The summed E-state index contributed by atoms with van der Waals surface area (Å²) in [5.41, 5.74) is 3.05. The molecule has 1 aliphatic heterocycles. The Balaban J connectivity index is 1.80. The average molecular weight is 310 g/mol. The van der Waals surface area contributed by atoms with E-state index in [1.54, 1.807) is 6.33 Å². The van der Waals surface area contributed by atoms with Crippen molar-refractivity contribution >= 4 is 27.6 Å². The molecule has 0 aliphatic carbocycles. The van der Waals surface area contributed by atoms with Gasteiger partial charge in [0.2, 0.25) is 0 Å². The van der Waals surface area contributed by atoms with Crippen LogP contribution in [0, 0.1) is 5.92 Å². The zero-order valence-electron chi connectivity index (χ0n) is 12.6. The molecule has 22 heavy (non-hydrogen) atoms. The van der Waals surface area contributed by atoms with Crippen molar-refractivity contribution in [1.82, 2.24) is 14.3 Å². The van der Waals surface area contributed by atoms with Gasteiger partial charge in [-0.3, -0.25) is 0 Å². The van der Waals surface area contributed by atoms with Gasteiger partial charge >= 0.3 is 0 Å². The molecule has 1 aromatic carbocycles. The first-order valence-electron chi connectivity index (χ1n) is 7.73. The van der Waals surface area contributed by atoms with E-state index in [0.717, 1.165) is 46.3 Å². The summed E-state index contributed by atoms with van der Waals surface area (Å²) < 4.78 is 5.76. The minimum absolute atomic E-state index is 0.722. The number of anilines is 1. The third-order valence-corrected chi connectivity index (χ3v) is 5.07. The summed E-state index contributed by atoms with van der Waals surface area (Å²) in [6.45, 7) is 4.46. The lowest BCUT2D eigenvalue weighted by Crippen LogP contribution is -2.34. The lowest BCUT2D eigenvalue weighted by atomic mass is 10.0. The summed E-state index contributed by atoms with van der Waals surface area (Å²) in [5.74, 6) is 1.77. The maximum atomic E-state index is 4.65. The maximum Gasteiger partial charge on any atom is 0.151 e.